The standard InChI is InChI=1S/C14H13FOS/c1-17-13-8-4-11(5-9-13)14(16)10-2-6-12(15)7-3-10/h2-9,14,16H,1H3/t14-/m1/s1. The van der Waals surface area contributed by atoms with Crippen LogP contribution >= 0.6 is 11.8 Å². The highest BCUT2D eigenvalue weighted by Crippen LogP contribution is 2.24. The summed E-state index contributed by atoms with van der Waals surface area (Å²) >= 11 is 1.66. The Bertz CT molecular complexity index is 479. The van der Waals surface area contributed by atoms with Gasteiger partial charge in [0, 0.05) is 4.90 Å². The average Bonchev–Trinajstić information content (AvgIpc) is 2.39. The maximum Gasteiger partial charge on any atom is 0.123 e. The van der Waals surface area contributed by atoms with Crippen molar-refractivity contribution in [3.63, 3.8) is 0 Å². The molecule has 2 aromatic carbocycles. The van der Waals surface area contributed by atoms with Crippen molar-refractivity contribution in [2.45, 2.75) is 11.0 Å². The van der Waals surface area contributed by atoms with Gasteiger partial charge in [-0.25, -0.2) is 4.39 Å². The minimum absolute atomic E-state index is 0.293. The van der Waals surface area contributed by atoms with E-state index in [9.17, 15) is 9.50 Å². The summed E-state index contributed by atoms with van der Waals surface area (Å²) in [4.78, 5) is 1.15. The molecule has 1 N–H and O–H groups in total. The zero-order chi connectivity index (χ0) is 12.3. The van der Waals surface area contributed by atoms with Gasteiger partial charge in [0.2, 0.25) is 0 Å². The minimum Gasteiger partial charge on any atom is -0.384 e. The molecule has 2 aromatic rings. The van der Waals surface area contributed by atoms with Gasteiger partial charge in [0.05, 0.1) is 0 Å². The maximum atomic E-state index is 12.8. The third kappa shape index (κ3) is 2.87. The van der Waals surface area contributed by atoms with Gasteiger partial charge in [-0.15, -0.1) is 11.8 Å². The molecule has 0 aliphatic carbocycles. The van der Waals surface area contributed by atoms with Gasteiger partial charge in [-0.05, 0) is 41.6 Å². The Hall–Kier alpha value is -1.32. The second kappa shape index (κ2) is 5.34. The van der Waals surface area contributed by atoms with Crippen LogP contribution in [-0.4, -0.2) is 11.4 Å². The van der Waals surface area contributed by atoms with E-state index in [1.165, 1.54) is 12.1 Å². The molecule has 0 fully saturated rings. The Balaban J connectivity index is 2.23. The topological polar surface area (TPSA) is 20.2 Å². The van der Waals surface area contributed by atoms with Crippen molar-refractivity contribution in [1.29, 1.82) is 0 Å². The second-order valence-electron chi connectivity index (χ2n) is 3.73. The van der Waals surface area contributed by atoms with Crippen molar-refractivity contribution in [1.82, 2.24) is 0 Å². The molecule has 0 saturated carbocycles. The Kier molecular flexibility index (Phi) is 3.82. The molecule has 1 atom stereocenters. The fraction of sp³-hybridized carbons (Fsp3) is 0.143. The monoisotopic (exact) mass is 248 g/mol. The first-order chi connectivity index (χ1) is 8.20. The smallest absolute Gasteiger partial charge is 0.123 e. The summed E-state index contributed by atoms with van der Waals surface area (Å²) in [5.74, 6) is -0.293. The van der Waals surface area contributed by atoms with Crippen LogP contribution in [-0.2, 0) is 0 Å². The Morgan fingerprint density at radius 1 is 0.941 bits per heavy atom. The first-order valence-corrected chi connectivity index (χ1v) is 6.50. The van der Waals surface area contributed by atoms with Gasteiger partial charge in [-0.1, -0.05) is 24.3 Å². The fourth-order valence-corrected chi connectivity index (χ4v) is 2.03. The van der Waals surface area contributed by atoms with Crippen molar-refractivity contribution in [3.05, 3.63) is 65.5 Å². The molecule has 0 saturated heterocycles. The molecule has 0 amide bonds. The van der Waals surface area contributed by atoms with E-state index in [2.05, 4.69) is 0 Å². The molecule has 0 aliphatic rings. The summed E-state index contributed by atoms with van der Waals surface area (Å²) in [7, 11) is 0. The molecule has 88 valence electrons. The van der Waals surface area contributed by atoms with E-state index in [0.29, 0.717) is 5.56 Å². The highest BCUT2D eigenvalue weighted by Gasteiger charge is 2.09. The summed E-state index contributed by atoms with van der Waals surface area (Å²) in [5.41, 5.74) is 1.51. The van der Waals surface area contributed by atoms with Crippen molar-refractivity contribution < 1.29 is 9.50 Å². The van der Waals surface area contributed by atoms with Gasteiger partial charge in [0.1, 0.15) is 11.9 Å². The van der Waals surface area contributed by atoms with Crippen LogP contribution in [0.15, 0.2) is 53.4 Å². The highest BCUT2D eigenvalue weighted by atomic mass is 32.2. The molecular weight excluding hydrogens is 235 g/mol. The van der Waals surface area contributed by atoms with Crippen LogP contribution in [0.25, 0.3) is 0 Å². The number of thioether (sulfide) groups is 1. The molecule has 0 aromatic heterocycles. The lowest BCUT2D eigenvalue weighted by Crippen LogP contribution is -1.99. The van der Waals surface area contributed by atoms with Crippen LogP contribution in [0.2, 0.25) is 0 Å². The second-order valence-corrected chi connectivity index (χ2v) is 4.61. The lowest BCUT2D eigenvalue weighted by Gasteiger charge is -2.11. The molecular formula is C14H13FOS. The van der Waals surface area contributed by atoms with E-state index in [0.717, 1.165) is 10.5 Å². The number of aliphatic hydroxyl groups excluding tert-OH is 1. The Morgan fingerprint density at radius 2 is 1.41 bits per heavy atom. The summed E-state index contributed by atoms with van der Waals surface area (Å²) in [5, 5.41) is 10.1. The van der Waals surface area contributed by atoms with E-state index >= 15 is 0 Å². The SMILES string of the molecule is CSc1ccc([C@H](O)c2ccc(F)cc2)cc1. The number of rotatable bonds is 3. The third-order valence-electron chi connectivity index (χ3n) is 2.62. The molecule has 0 bridgehead atoms. The van der Waals surface area contributed by atoms with Gasteiger partial charge < -0.3 is 5.11 Å². The summed E-state index contributed by atoms with van der Waals surface area (Å²) in [6, 6.07) is 13.6. The van der Waals surface area contributed by atoms with Crippen molar-refractivity contribution in [2.24, 2.45) is 0 Å². The predicted molar refractivity (Wildman–Crippen MR) is 68.7 cm³/mol. The van der Waals surface area contributed by atoms with E-state index in [-0.39, 0.29) is 5.82 Å². The van der Waals surface area contributed by atoms with Gasteiger partial charge in [0.25, 0.3) is 0 Å². The number of hydrogen-bond acceptors (Lipinski definition) is 2. The van der Waals surface area contributed by atoms with Crippen LogP contribution in [0.4, 0.5) is 4.39 Å². The molecule has 0 heterocycles. The molecule has 2 rings (SSSR count). The summed E-state index contributed by atoms with van der Waals surface area (Å²) in [6.45, 7) is 0. The number of aliphatic hydroxyl groups is 1. The summed E-state index contributed by atoms with van der Waals surface area (Å²) < 4.78 is 12.8. The molecule has 3 heteroatoms. The van der Waals surface area contributed by atoms with Gasteiger partial charge in [-0.2, -0.15) is 0 Å². The molecule has 0 radical (unpaired) electrons. The lowest BCUT2D eigenvalue weighted by molar-refractivity contribution is 0.220. The largest absolute Gasteiger partial charge is 0.384 e. The number of hydrogen-bond donors (Lipinski definition) is 1. The van der Waals surface area contributed by atoms with Crippen molar-refractivity contribution in [2.75, 3.05) is 6.26 Å². The number of halogens is 1. The number of benzene rings is 2. The van der Waals surface area contributed by atoms with Crippen LogP contribution in [0.5, 0.6) is 0 Å². The quantitative estimate of drug-likeness (QED) is 0.837. The molecule has 0 aliphatic heterocycles. The molecule has 0 spiro atoms. The molecule has 17 heavy (non-hydrogen) atoms. The maximum absolute atomic E-state index is 12.8. The zero-order valence-corrected chi connectivity index (χ0v) is 10.2. The van der Waals surface area contributed by atoms with E-state index in [1.807, 2.05) is 30.5 Å². The van der Waals surface area contributed by atoms with Crippen molar-refractivity contribution >= 4 is 11.8 Å². The molecule has 1 nitrogen and oxygen atoms in total. The van der Waals surface area contributed by atoms with Crippen LogP contribution in [0, 0.1) is 5.82 Å². The zero-order valence-electron chi connectivity index (χ0n) is 9.43. The first-order valence-electron chi connectivity index (χ1n) is 5.28. The predicted octanol–water partition coefficient (Wildman–Crippen LogP) is 3.63. The summed E-state index contributed by atoms with van der Waals surface area (Å²) in [6.07, 6.45) is 1.30. The van der Waals surface area contributed by atoms with Gasteiger partial charge in [-0.3, -0.25) is 0 Å². The lowest BCUT2D eigenvalue weighted by atomic mass is 10.0. The first kappa shape index (κ1) is 12.1. The highest BCUT2D eigenvalue weighted by molar-refractivity contribution is 7.98. The normalized spacial score (nSPS) is 12.4. The molecule has 0 unspecified atom stereocenters. The van der Waals surface area contributed by atoms with Gasteiger partial charge in [0.15, 0.2) is 0 Å². The Morgan fingerprint density at radius 3 is 1.88 bits per heavy atom. The van der Waals surface area contributed by atoms with Crippen LogP contribution < -0.4 is 0 Å². The van der Waals surface area contributed by atoms with Gasteiger partial charge >= 0.3 is 0 Å². The van der Waals surface area contributed by atoms with Crippen LogP contribution in [0.3, 0.4) is 0 Å². The fourth-order valence-electron chi connectivity index (χ4n) is 1.62. The Labute approximate surface area is 104 Å². The van der Waals surface area contributed by atoms with Crippen molar-refractivity contribution in [3.8, 4) is 0 Å². The van der Waals surface area contributed by atoms with E-state index < -0.39 is 6.10 Å². The minimum atomic E-state index is -0.702. The van der Waals surface area contributed by atoms with E-state index in [4.69, 9.17) is 0 Å². The average molecular weight is 248 g/mol. The third-order valence-corrected chi connectivity index (χ3v) is 3.36. The van der Waals surface area contributed by atoms with Crippen LogP contribution in [0.1, 0.15) is 17.2 Å². The van der Waals surface area contributed by atoms with E-state index in [1.54, 1.807) is 23.9 Å².